The second kappa shape index (κ2) is 5.28. The molecule has 0 aliphatic carbocycles. The zero-order valence-corrected chi connectivity index (χ0v) is 11.0. The van der Waals surface area contributed by atoms with Crippen LogP contribution in [0.1, 0.15) is 16.6 Å². The molecule has 7 heteroatoms. The second-order valence-corrected chi connectivity index (χ2v) is 4.88. The van der Waals surface area contributed by atoms with Gasteiger partial charge in [-0.2, -0.15) is 0 Å². The number of carbonyl (C=O) groups is 1. The van der Waals surface area contributed by atoms with Gasteiger partial charge in [0.2, 0.25) is 0 Å². The molecular formula is C11H14N4O2S. The summed E-state index contributed by atoms with van der Waals surface area (Å²) in [5, 5.41) is 2.81. The van der Waals surface area contributed by atoms with Crippen LogP contribution in [0, 0.1) is 0 Å². The van der Waals surface area contributed by atoms with Gasteiger partial charge in [-0.15, -0.1) is 11.3 Å². The minimum Gasteiger partial charge on any atom is -0.396 e. The molecule has 0 saturated heterocycles. The Morgan fingerprint density at radius 1 is 1.56 bits per heavy atom. The van der Waals surface area contributed by atoms with Gasteiger partial charge < -0.3 is 15.8 Å². The molecule has 6 nitrogen and oxygen atoms in total. The molecule has 0 bridgehead atoms. The van der Waals surface area contributed by atoms with Crippen molar-refractivity contribution in [2.75, 3.05) is 19.5 Å². The van der Waals surface area contributed by atoms with E-state index in [0.717, 1.165) is 0 Å². The molecule has 0 aliphatic rings. The fourth-order valence-corrected chi connectivity index (χ4v) is 2.52. The van der Waals surface area contributed by atoms with Gasteiger partial charge in [0, 0.05) is 25.5 Å². The van der Waals surface area contributed by atoms with Gasteiger partial charge in [-0.3, -0.25) is 4.79 Å². The van der Waals surface area contributed by atoms with Crippen molar-refractivity contribution in [3.8, 4) is 0 Å². The van der Waals surface area contributed by atoms with Crippen molar-refractivity contribution in [1.29, 1.82) is 0 Å². The smallest absolute Gasteiger partial charge is 0.263 e. The number of aromatic nitrogens is 2. The molecule has 2 heterocycles. The monoisotopic (exact) mass is 266 g/mol. The maximum atomic E-state index is 12.0. The van der Waals surface area contributed by atoms with E-state index in [9.17, 15) is 4.79 Å². The first kappa shape index (κ1) is 12.7. The van der Waals surface area contributed by atoms with Crippen molar-refractivity contribution >= 4 is 33.3 Å². The number of rotatable bonds is 4. The molecule has 1 amide bonds. The SMILES string of the molecule is COCC(C)NC(=O)c1sc2nccnc2c1N. The number of nitrogens with zero attached hydrogens (tertiary/aromatic N) is 2. The summed E-state index contributed by atoms with van der Waals surface area (Å²) in [4.78, 5) is 21.4. The summed E-state index contributed by atoms with van der Waals surface area (Å²) in [6.07, 6.45) is 3.13. The topological polar surface area (TPSA) is 90.1 Å². The Hall–Kier alpha value is -1.73. The summed E-state index contributed by atoms with van der Waals surface area (Å²) in [6.45, 7) is 2.31. The average molecular weight is 266 g/mol. The van der Waals surface area contributed by atoms with Crippen LogP contribution in [0.2, 0.25) is 0 Å². The molecule has 18 heavy (non-hydrogen) atoms. The molecule has 2 aromatic rings. The van der Waals surface area contributed by atoms with E-state index in [1.807, 2.05) is 6.92 Å². The standard InChI is InChI=1S/C11H14N4O2S/c1-6(5-17-2)15-10(16)9-7(12)8-11(18-9)14-4-3-13-8/h3-4,6H,5,12H2,1-2H3,(H,15,16). The third-order valence-electron chi connectivity index (χ3n) is 2.36. The van der Waals surface area contributed by atoms with Crippen LogP contribution in [0.5, 0.6) is 0 Å². The Labute approximate surface area is 108 Å². The molecule has 1 unspecified atom stereocenters. The molecule has 0 aromatic carbocycles. The number of nitrogens with one attached hydrogen (secondary N) is 1. The molecule has 0 spiro atoms. The second-order valence-electron chi connectivity index (χ2n) is 3.88. The van der Waals surface area contributed by atoms with Crippen LogP contribution in [-0.2, 0) is 4.74 Å². The van der Waals surface area contributed by atoms with Crippen LogP contribution >= 0.6 is 11.3 Å². The minimum atomic E-state index is -0.221. The highest BCUT2D eigenvalue weighted by molar-refractivity contribution is 7.21. The normalized spacial score (nSPS) is 12.6. The molecule has 0 saturated carbocycles. The van der Waals surface area contributed by atoms with Crippen LogP contribution in [0.3, 0.4) is 0 Å². The quantitative estimate of drug-likeness (QED) is 0.863. The lowest BCUT2D eigenvalue weighted by Gasteiger charge is -2.11. The Morgan fingerprint density at radius 2 is 2.28 bits per heavy atom. The number of amides is 1. The molecule has 0 radical (unpaired) electrons. The minimum absolute atomic E-state index is 0.0759. The van der Waals surface area contributed by atoms with Gasteiger partial charge in [-0.25, -0.2) is 9.97 Å². The molecule has 0 aliphatic heterocycles. The van der Waals surface area contributed by atoms with E-state index in [1.165, 1.54) is 11.3 Å². The third kappa shape index (κ3) is 2.41. The summed E-state index contributed by atoms with van der Waals surface area (Å²) in [7, 11) is 1.59. The third-order valence-corrected chi connectivity index (χ3v) is 3.47. The number of nitrogens with two attached hydrogens (primary N) is 1. The fraction of sp³-hybridized carbons (Fsp3) is 0.364. The van der Waals surface area contributed by atoms with E-state index < -0.39 is 0 Å². The van der Waals surface area contributed by atoms with Crippen LogP contribution in [-0.4, -0.2) is 35.6 Å². The van der Waals surface area contributed by atoms with E-state index in [-0.39, 0.29) is 11.9 Å². The van der Waals surface area contributed by atoms with Crippen LogP contribution in [0.25, 0.3) is 10.3 Å². The Balaban J connectivity index is 2.25. The number of nitrogen functional groups attached to an aromatic ring is 1. The van der Waals surface area contributed by atoms with Crippen molar-refractivity contribution in [3.63, 3.8) is 0 Å². The number of fused-ring (bicyclic) bond motifs is 1. The number of hydrogen-bond donors (Lipinski definition) is 2. The molecule has 96 valence electrons. The van der Waals surface area contributed by atoms with E-state index in [2.05, 4.69) is 15.3 Å². The molecule has 0 fully saturated rings. The van der Waals surface area contributed by atoms with Crippen molar-refractivity contribution < 1.29 is 9.53 Å². The average Bonchev–Trinajstić information content (AvgIpc) is 2.68. The van der Waals surface area contributed by atoms with Crippen LogP contribution < -0.4 is 11.1 Å². The van der Waals surface area contributed by atoms with Crippen molar-refractivity contribution in [3.05, 3.63) is 17.3 Å². The Bertz CT molecular complexity index is 569. The maximum Gasteiger partial charge on any atom is 0.263 e. The lowest BCUT2D eigenvalue weighted by molar-refractivity contribution is 0.0910. The molecule has 1 atom stereocenters. The summed E-state index contributed by atoms with van der Waals surface area (Å²) in [5.74, 6) is -0.221. The zero-order chi connectivity index (χ0) is 13.1. The Morgan fingerprint density at radius 3 is 2.94 bits per heavy atom. The van der Waals surface area contributed by atoms with E-state index in [4.69, 9.17) is 10.5 Å². The highest BCUT2D eigenvalue weighted by atomic mass is 32.1. The van der Waals surface area contributed by atoms with E-state index in [0.29, 0.717) is 27.5 Å². The van der Waals surface area contributed by atoms with Gasteiger partial charge in [0.25, 0.3) is 5.91 Å². The zero-order valence-electron chi connectivity index (χ0n) is 10.1. The molecule has 2 rings (SSSR count). The summed E-state index contributed by atoms with van der Waals surface area (Å²) in [5.41, 5.74) is 6.86. The first-order valence-electron chi connectivity index (χ1n) is 5.42. The molecular weight excluding hydrogens is 252 g/mol. The summed E-state index contributed by atoms with van der Waals surface area (Å²) in [6, 6.07) is -0.0759. The highest BCUT2D eigenvalue weighted by Gasteiger charge is 2.19. The fourth-order valence-electron chi connectivity index (χ4n) is 1.59. The van der Waals surface area contributed by atoms with Gasteiger partial charge in [0.1, 0.15) is 15.2 Å². The number of ether oxygens (including phenoxy) is 1. The van der Waals surface area contributed by atoms with Gasteiger partial charge in [0.05, 0.1) is 12.3 Å². The first-order valence-corrected chi connectivity index (χ1v) is 6.24. The van der Waals surface area contributed by atoms with E-state index >= 15 is 0 Å². The largest absolute Gasteiger partial charge is 0.396 e. The number of carbonyl (C=O) groups excluding carboxylic acids is 1. The number of anilines is 1. The van der Waals surface area contributed by atoms with E-state index in [1.54, 1.807) is 19.5 Å². The first-order chi connectivity index (χ1) is 8.63. The predicted octanol–water partition coefficient (Wildman–Crippen LogP) is 1.04. The lowest BCUT2D eigenvalue weighted by Crippen LogP contribution is -2.35. The predicted molar refractivity (Wildman–Crippen MR) is 70.6 cm³/mol. The lowest BCUT2D eigenvalue weighted by atomic mass is 10.3. The summed E-state index contributed by atoms with van der Waals surface area (Å²) < 4.78 is 4.96. The molecule has 2 aromatic heterocycles. The van der Waals surface area contributed by atoms with Gasteiger partial charge in [0.15, 0.2) is 0 Å². The number of hydrogen-bond acceptors (Lipinski definition) is 6. The maximum absolute atomic E-state index is 12.0. The van der Waals surface area contributed by atoms with Crippen molar-refractivity contribution in [2.45, 2.75) is 13.0 Å². The van der Waals surface area contributed by atoms with Crippen LogP contribution in [0.4, 0.5) is 5.69 Å². The van der Waals surface area contributed by atoms with Gasteiger partial charge in [-0.05, 0) is 6.92 Å². The Kier molecular flexibility index (Phi) is 3.73. The van der Waals surface area contributed by atoms with Crippen LogP contribution in [0.15, 0.2) is 12.4 Å². The van der Waals surface area contributed by atoms with Crippen molar-refractivity contribution in [2.24, 2.45) is 0 Å². The molecule has 3 N–H and O–H groups in total. The number of thiophene rings is 1. The van der Waals surface area contributed by atoms with Gasteiger partial charge >= 0.3 is 0 Å². The summed E-state index contributed by atoms with van der Waals surface area (Å²) >= 11 is 1.24. The number of methoxy groups -OCH3 is 1. The van der Waals surface area contributed by atoms with Gasteiger partial charge in [-0.1, -0.05) is 0 Å². The highest BCUT2D eigenvalue weighted by Crippen LogP contribution is 2.30. The van der Waals surface area contributed by atoms with Crippen molar-refractivity contribution in [1.82, 2.24) is 15.3 Å².